The quantitative estimate of drug-likeness (QED) is 0.451. The lowest BCUT2D eigenvalue weighted by Gasteiger charge is -2.08. The molecule has 70 valence electrons. The fourth-order valence-corrected chi connectivity index (χ4v) is 0.948. The van der Waals surface area contributed by atoms with Gasteiger partial charge in [-0.25, -0.2) is 4.79 Å². The van der Waals surface area contributed by atoms with Crippen LogP contribution in [0, 0.1) is 0 Å². The van der Waals surface area contributed by atoms with Crippen LogP contribution in [0.3, 0.4) is 0 Å². The molecule has 6 heteroatoms. The molecule has 0 amide bonds. The van der Waals surface area contributed by atoms with E-state index in [0.717, 1.165) is 6.08 Å². The van der Waals surface area contributed by atoms with Crippen molar-refractivity contribution in [2.75, 3.05) is 0 Å². The van der Waals surface area contributed by atoms with Crippen molar-refractivity contribution in [1.29, 1.82) is 0 Å². The number of carbonyl (C=O) groups is 1. The molecular weight excluding hydrogens is 183 g/mol. The Labute approximate surface area is 69.9 Å². The lowest BCUT2D eigenvalue weighted by atomic mass is 10.2. The normalized spacial score (nSPS) is 15.8. The third-order valence-corrected chi connectivity index (χ3v) is 2.57. The van der Waals surface area contributed by atoms with E-state index in [9.17, 15) is 9.36 Å². The first kappa shape index (κ1) is 11.4. The van der Waals surface area contributed by atoms with Crippen molar-refractivity contribution < 1.29 is 24.3 Å². The lowest BCUT2D eigenvalue weighted by Crippen LogP contribution is -2.04. The fourth-order valence-electron chi connectivity index (χ4n) is 0.530. The van der Waals surface area contributed by atoms with Gasteiger partial charge in [-0.05, 0) is 13.8 Å². The van der Waals surface area contributed by atoms with Gasteiger partial charge in [0, 0.05) is 5.57 Å². The van der Waals surface area contributed by atoms with Crippen LogP contribution in [0.15, 0.2) is 11.6 Å². The Hall–Kier alpha value is -0.640. The van der Waals surface area contributed by atoms with E-state index in [-0.39, 0.29) is 5.57 Å². The predicted octanol–water partition coefficient (Wildman–Crippen LogP) is 0.583. The van der Waals surface area contributed by atoms with E-state index in [1.54, 1.807) is 0 Å². The molecule has 0 rings (SSSR count). The second kappa shape index (κ2) is 3.85. The summed E-state index contributed by atoms with van der Waals surface area (Å²) in [5.41, 5.74) is -1.11. The van der Waals surface area contributed by atoms with E-state index in [2.05, 4.69) is 0 Å². The summed E-state index contributed by atoms with van der Waals surface area (Å²) in [6, 6.07) is 0. The van der Waals surface area contributed by atoms with Gasteiger partial charge < -0.3 is 14.9 Å². The minimum atomic E-state index is -4.19. The molecule has 0 aromatic carbocycles. The van der Waals surface area contributed by atoms with Crippen molar-refractivity contribution >= 4 is 13.6 Å². The molecule has 12 heavy (non-hydrogen) atoms. The van der Waals surface area contributed by atoms with E-state index in [1.165, 1.54) is 13.8 Å². The molecule has 0 saturated heterocycles. The van der Waals surface area contributed by atoms with E-state index < -0.39 is 19.2 Å². The molecule has 0 aromatic rings. The molecule has 0 fully saturated rings. The highest BCUT2D eigenvalue weighted by atomic mass is 31.2. The topological polar surface area (TPSA) is 94.8 Å². The number of rotatable bonds is 3. The number of carboxylic acids is 1. The number of hydrogen-bond donors (Lipinski definition) is 3. The smallest absolute Gasteiger partial charge is 0.332 e. The standard InChI is InChI=1S/C6H11O5P/c1-4(6(7)8)3-5(2)12(9,10)11/h3,5H,1-2H3,(H,7,8)(H2,9,10,11). The van der Waals surface area contributed by atoms with Gasteiger partial charge in [0.05, 0.1) is 5.66 Å². The van der Waals surface area contributed by atoms with E-state index in [0.29, 0.717) is 0 Å². The molecule has 0 aliphatic rings. The molecule has 5 nitrogen and oxygen atoms in total. The Morgan fingerprint density at radius 2 is 1.92 bits per heavy atom. The number of carboxylic acid groups (broad SMARTS) is 1. The van der Waals surface area contributed by atoms with Crippen LogP contribution in [0.5, 0.6) is 0 Å². The van der Waals surface area contributed by atoms with Crippen molar-refractivity contribution in [3.8, 4) is 0 Å². The van der Waals surface area contributed by atoms with Crippen LogP contribution in [0.1, 0.15) is 13.8 Å². The molecule has 1 atom stereocenters. The molecule has 0 aromatic heterocycles. The van der Waals surface area contributed by atoms with Gasteiger partial charge in [-0.2, -0.15) is 0 Å². The van der Waals surface area contributed by atoms with Gasteiger partial charge >= 0.3 is 13.6 Å². The van der Waals surface area contributed by atoms with Crippen molar-refractivity contribution in [3.05, 3.63) is 11.6 Å². The van der Waals surface area contributed by atoms with Crippen molar-refractivity contribution in [3.63, 3.8) is 0 Å². The molecule has 0 saturated carbocycles. The van der Waals surface area contributed by atoms with Crippen LogP contribution < -0.4 is 0 Å². The fraction of sp³-hybridized carbons (Fsp3) is 0.500. The molecule has 1 unspecified atom stereocenters. The highest BCUT2D eigenvalue weighted by molar-refractivity contribution is 7.52. The predicted molar refractivity (Wildman–Crippen MR) is 42.9 cm³/mol. The first-order valence-corrected chi connectivity index (χ1v) is 4.90. The largest absolute Gasteiger partial charge is 0.478 e. The zero-order valence-electron chi connectivity index (χ0n) is 6.76. The first-order chi connectivity index (χ1) is 5.25. The van der Waals surface area contributed by atoms with E-state index in [1.807, 2.05) is 0 Å². The molecule has 0 aliphatic carbocycles. The number of allylic oxidation sites excluding steroid dienone is 1. The minimum absolute atomic E-state index is 0.0641. The first-order valence-electron chi connectivity index (χ1n) is 3.22. The Bertz CT molecular complexity index is 251. The van der Waals surface area contributed by atoms with Gasteiger partial charge in [0.15, 0.2) is 0 Å². The summed E-state index contributed by atoms with van der Waals surface area (Å²) in [4.78, 5) is 27.4. The summed E-state index contributed by atoms with van der Waals surface area (Å²) in [7, 11) is -4.19. The number of hydrogen-bond acceptors (Lipinski definition) is 2. The average Bonchev–Trinajstić information content (AvgIpc) is 1.85. The van der Waals surface area contributed by atoms with Crippen LogP contribution >= 0.6 is 7.60 Å². The lowest BCUT2D eigenvalue weighted by molar-refractivity contribution is -0.132. The molecule has 0 bridgehead atoms. The Balaban J connectivity index is 4.56. The van der Waals surface area contributed by atoms with E-state index in [4.69, 9.17) is 14.9 Å². The highest BCUT2D eigenvalue weighted by Gasteiger charge is 2.22. The average molecular weight is 194 g/mol. The maximum absolute atomic E-state index is 10.5. The maximum atomic E-state index is 10.5. The van der Waals surface area contributed by atoms with Crippen LogP contribution in [0.25, 0.3) is 0 Å². The third-order valence-electron chi connectivity index (χ3n) is 1.36. The molecular formula is C6H11O5P. The highest BCUT2D eigenvalue weighted by Crippen LogP contribution is 2.41. The summed E-state index contributed by atoms with van der Waals surface area (Å²) < 4.78 is 10.5. The summed E-state index contributed by atoms with van der Waals surface area (Å²) in [6.07, 6.45) is 1.04. The van der Waals surface area contributed by atoms with Crippen molar-refractivity contribution in [1.82, 2.24) is 0 Å². The zero-order valence-corrected chi connectivity index (χ0v) is 7.65. The molecule has 3 N–H and O–H groups in total. The monoisotopic (exact) mass is 194 g/mol. The third kappa shape index (κ3) is 3.67. The van der Waals surface area contributed by atoms with Gasteiger partial charge in [-0.3, -0.25) is 4.57 Å². The molecule has 0 heterocycles. The number of aliphatic carboxylic acids is 1. The maximum Gasteiger partial charge on any atom is 0.332 e. The molecule has 0 radical (unpaired) electrons. The second-order valence-corrected chi connectivity index (χ2v) is 4.48. The SMILES string of the molecule is CC(=CC(C)P(=O)(O)O)C(=O)O. The summed E-state index contributed by atoms with van der Waals surface area (Å²) in [5.74, 6) is -1.17. The summed E-state index contributed by atoms with van der Waals surface area (Å²) in [5, 5.41) is 8.38. The Kier molecular flexibility index (Phi) is 3.64. The van der Waals surface area contributed by atoms with Crippen LogP contribution in [-0.2, 0) is 9.36 Å². The van der Waals surface area contributed by atoms with Gasteiger partial charge in [0.1, 0.15) is 0 Å². The van der Waals surface area contributed by atoms with Gasteiger partial charge in [-0.15, -0.1) is 0 Å². The zero-order chi connectivity index (χ0) is 9.94. The minimum Gasteiger partial charge on any atom is -0.478 e. The van der Waals surface area contributed by atoms with Crippen LogP contribution in [-0.4, -0.2) is 26.5 Å². The van der Waals surface area contributed by atoms with Gasteiger partial charge in [0.25, 0.3) is 0 Å². The van der Waals surface area contributed by atoms with Gasteiger partial charge in [-0.1, -0.05) is 6.08 Å². The molecule has 0 spiro atoms. The Morgan fingerprint density at radius 1 is 1.50 bits per heavy atom. The van der Waals surface area contributed by atoms with Crippen LogP contribution in [0.2, 0.25) is 0 Å². The van der Waals surface area contributed by atoms with Crippen molar-refractivity contribution in [2.24, 2.45) is 0 Å². The van der Waals surface area contributed by atoms with Gasteiger partial charge in [0.2, 0.25) is 0 Å². The summed E-state index contributed by atoms with van der Waals surface area (Å²) >= 11 is 0. The summed E-state index contributed by atoms with van der Waals surface area (Å²) in [6.45, 7) is 2.56. The van der Waals surface area contributed by atoms with Crippen molar-refractivity contribution in [2.45, 2.75) is 19.5 Å². The van der Waals surface area contributed by atoms with E-state index >= 15 is 0 Å². The van der Waals surface area contributed by atoms with Crippen LogP contribution in [0.4, 0.5) is 0 Å². The Morgan fingerprint density at radius 3 is 2.17 bits per heavy atom. The molecule has 0 aliphatic heterocycles. The second-order valence-electron chi connectivity index (χ2n) is 2.48.